The molecule has 1 N–H and O–H groups in total. The van der Waals surface area contributed by atoms with Gasteiger partial charge in [0.2, 0.25) is 0 Å². The van der Waals surface area contributed by atoms with Gasteiger partial charge < -0.3 is 5.32 Å². The minimum atomic E-state index is -0.293. The lowest BCUT2D eigenvalue weighted by atomic mass is 9.94. The number of hydrogen-bond acceptors (Lipinski definition) is 1. The Hall–Kier alpha value is -0.120. The standard InChI is InChI=1S/C16H22BrClFN/c1-2-20-14(10-7-11-5-3-4-6-11)12-8-9-13(17)15(18)16(12)19/h8-9,11,14,20H,2-7,10H2,1H3. The average molecular weight is 363 g/mol. The van der Waals surface area contributed by atoms with Crippen molar-refractivity contribution in [2.24, 2.45) is 5.92 Å². The summed E-state index contributed by atoms with van der Waals surface area (Å²) in [7, 11) is 0. The molecule has 1 aliphatic carbocycles. The summed E-state index contributed by atoms with van der Waals surface area (Å²) in [6.45, 7) is 2.89. The van der Waals surface area contributed by atoms with E-state index in [1.807, 2.05) is 12.1 Å². The largest absolute Gasteiger partial charge is 0.310 e. The highest BCUT2D eigenvalue weighted by Gasteiger charge is 2.21. The fraction of sp³-hybridized carbons (Fsp3) is 0.625. The van der Waals surface area contributed by atoms with Crippen molar-refractivity contribution in [2.75, 3.05) is 6.54 Å². The van der Waals surface area contributed by atoms with Gasteiger partial charge in [0.1, 0.15) is 5.82 Å². The van der Waals surface area contributed by atoms with Crippen LogP contribution in [0.3, 0.4) is 0 Å². The van der Waals surface area contributed by atoms with Gasteiger partial charge in [-0.15, -0.1) is 0 Å². The summed E-state index contributed by atoms with van der Waals surface area (Å²) in [6, 6.07) is 3.74. The van der Waals surface area contributed by atoms with Crippen LogP contribution in [0.5, 0.6) is 0 Å². The number of nitrogens with one attached hydrogen (secondary N) is 1. The first kappa shape index (κ1) is 16.3. The van der Waals surface area contributed by atoms with Crippen LogP contribution in [0.1, 0.15) is 57.1 Å². The molecular formula is C16H22BrClFN. The molecule has 0 aliphatic heterocycles. The molecule has 20 heavy (non-hydrogen) atoms. The van der Waals surface area contributed by atoms with Crippen molar-refractivity contribution in [2.45, 2.75) is 51.5 Å². The Bertz CT molecular complexity index is 446. The van der Waals surface area contributed by atoms with Gasteiger partial charge in [-0.3, -0.25) is 0 Å². The van der Waals surface area contributed by atoms with Gasteiger partial charge >= 0.3 is 0 Å². The molecule has 1 atom stereocenters. The van der Waals surface area contributed by atoms with Crippen molar-refractivity contribution in [3.63, 3.8) is 0 Å². The van der Waals surface area contributed by atoms with Crippen molar-refractivity contribution in [3.05, 3.63) is 33.0 Å². The molecule has 1 aliphatic rings. The van der Waals surface area contributed by atoms with Crippen molar-refractivity contribution >= 4 is 27.5 Å². The van der Waals surface area contributed by atoms with E-state index in [2.05, 4.69) is 28.2 Å². The quantitative estimate of drug-likeness (QED) is 0.625. The minimum absolute atomic E-state index is 0.0613. The molecule has 1 nitrogen and oxygen atoms in total. The van der Waals surface area contributed by atoms with E-state index in [0.29, 0.717) is 10.0 Å². The lowest BCUT2D eigenvalue weighted by Gasteiger charge is -2.21. The van der Waals surface area contributed by atoms with Crippen molar-refractivity contribution in [1.82, 2.24) is 5.32 Å². The van der Waals surface area contributed by atoms with E-state index in [-0.39, 0.29) is 16.9 Å². The first-order valence-corrected chi connectivity index (χ1v) is 8.67. The number of rotatable bonds is 6. The molecule has 0 heterocycles. The minimum Gasteiger partial charge on any atom is -0.310 e. The molecule has 0 amide bonds. The topological polar surface area (TPSA) is 12.0 Å². The van der Waals surface area contributed by atoms with Crippen LogP contribution in [-0.2, 0) is 0 Å². The van der Waals surface area contributed by atoms with Crippen LogP contribution in [0.2, 0.25) is 5.02 Å². The highest BCUT2D eigenvalue weighted by Crippen LogP contribution is 2.35. The summed E-state index contributed by atoms with van der Waals surface area (Å²) >= 11 is 9.27. The molecule has 1 fully saturated rings. The van der Waals surface area contributed by atoms with Crippen LogP contribution < -0.4 is 5.32 Å². The lowest BCUT2D eigenvalue weighted by Crippen LogP contribution is -2.22. The average Bonchev–Trinajstić information content (AvgIpc) is 2.95. The molecule has 0 saturated heterocycles. The highest BCUT2D eigenvalue weighted by molar-refractivity contribution is 9.10. The molecule has 0 bridgehead atoms. The normalized spacial score (nSPS) is 17.6. The first-order valence-electron chi connectivity index (χ1n) is 7.50. The van der Waals surface area contributed by atoms with E-state index in [0.717, 1.165) is 18.9 Å². The van der Waals surface area contributed by atoms with Gasteiger partial charge in [-0.1, -0.05) is 50.3 Å². The van der Waals surface area contributed by atoms with Gasteiger partial charge in [0, 0.05) is 16.1 Å². The smallest absolute Gasteiger partial charge is 0.147 e. The van der Waals surface area contributed by atoms with Gasteiger partial charge in [-0.05, 0) is 47.3 Å². The molecule has 112 valence electrons. The van der Waals surface area contributed by atoms with E-state index in [1.165, 1.54) is 32.1 Å². The van der Waals surface area contributed by atoms with Gasteiger partial charge in [-0.25, -0.2) is 4.39 Å². The van der Waals surface area contributed by atoms with E-state index in [9.17, 15) is 4.39 Å². The third-order valence-electron chi connectivity index (χ3n) is 4.23. The van der Waals surface area contributed by atoms with Gasteiger partial charge in [0.05, 0.1) is 5.02 Å². The summed E-state index contributed by atoms with van der Waals surface area (Å²) in [4.78, 5) is 0. The molecule has 4 heteroatoms. The lowest BCUT2D eigenvalue weighted by molar-refractivity contribution is 0.407. The molecule has 2 rings (SSSR count). The van der Waals surface area contributed by atoms with E-state index in [4.69, 9.17) is 11.6 Å². The molecule has 1 aromatic rings. The predicted molar refractivity (Wildman–Crippen MR) is 86.7 cm³/mol. The van der Waals surface area contributed by atoms with Gasteiger partial charge in [0.15, 0.2) is 0 Å². The maximum Gasteiger partial charge on any atom is 0.147 e. The van der Waals surface area contributed by atoms with E-state index < -0.39 is 0 Å². The van der Waals surface area contributed by atoms with Gasteiger partial charge in [0.25, 0.3) is 0 Å². The Kier molecular flexibility index (Phi) is 6.31. The van der Waals surface area contributed by atoms with Crippen LogP contribution in [0.15, 0.2) is 16.6 Å². The summed E-state index contributed by atoms with van der Waals surface area (Å²) in [5.74, 6) is 0.531. The highest BCUT2D eigenvalue weighted by atomic mass is 79.9. The Morgan fingerprint density at radius 1 is 1.40 bits per heavy atom. The summed E-state index contributed by atoms with van der Waals surface area (Å²) in [6.07, 6.45) is 7.53. The second-order valence-electron chi connectivity index (χ2n) is 5.60. The first-order chi connectivity index (χ1) is 9.63. The van der Waals surface area contributed by atoms with Crippen LogP contribution in [0.25, 0.3) is 0 Å². The Morgan fingerprint density at radius 2 is 2.10 bits per heavy atom. The van der Waals surface area contributed by atoms with Crippen LogP contribution >= 0.6 is 27.5 Å². The second kappa shape index (κ2) is 7.77. The Morgan fingerprint density at radius 3 is 2.75 bits per heavy atom. The molecular weight excluding hydrogens is 341 g/mol. The van der Waals surface area contributed by atoms with Crippen LogP contribution in [-0.4, -0.2) is 6.54 Å². The SMILES string of the molecule is CCNC(CCC1CCCC1)c1ccc(Br)c(Cl)c1F. The zero-order chi connectivity index (χ0) is 14.5. The molecule has 1 aromatic carbocycles. The maximum absolute atomic E-state index is 14.3. The fourth-order valence-electron chi connectivity index (χ4n) is 3.13. The van der Waals surface area contributed by atoms with Crippen LogP contribution in [0.4, 0.5) is 4.39 Å². The fourth-order valence-corrected chi connectivity index (χ4v) is 3.60. The third-order valence-corrected chi connectivity index (χ3v) is 5.49. The van der Waals surface area contributed by atoms with E-state index >= 15 is 0 Å². The zero-order valence-corrected chi connectivity index (χ0v) is 14.2. The molecule has 0 radical (unpaired) electrons. The van der Waals surface area contributed by atoms with Crippen molar-refractivity contribution in [1.29, 1.82) is 0 Å². The van der Waals surface area contributed by atoms with Crippen molar-refractivity contribution in [3.8, 4) is 0 Å². The van der Waals surface area contributed by atoms with Crippen LogP contribution in [0, 0.1) is 11.7 Å². The molecule has 0 aromatic heterocycles. The molecule has 0 spiro atoms. The second-order valence-corrected chi connectivity index (χ2v) is 6.83. The van der Waals surface area contributed by atoms with E-state index in [1.54, 1.807) is 0 Å². The zero-order valence-electron chi connectivity index (χ0n) is 11.9. The summed E-state index contributed by atoms with van der Waals surface area (Å²) in [5, 5.41) is 3.58. The summed E-state index contributed by atoms with van der Waals surface area (Å²) < 4.78 is 15.0. The number of hydrogen-bond donors (Lipinski definition) is 1. The van der Waals surface area contributed by atoms with Gasteiger partial charge in [-0.2, -0.15) is 0 Å². The number of benzene rings is 1. The monoisotopic (exact) mass is 361 g/mol. The predicted octanol–water partition coefficient (Wildman–Crippen LogP) is 5.86. The molecule has 1 unspecified atom stereocenters. The summed E-state index contributed by atoms with van der Waals surface area (Å²) in [5.41, 5.74) is 0.693. The maximum atomic E-state index is 14.3. The number of halogens is 3. The Labute approximate surface area is 134 Å². The van der Waals surface area contributed by atoms with Crippen molar-refractivity contribution < 1.29 is 4.39 Å². The third kappa shape index (κ3) is 3.96. The Balaban J connectivity index is 2.08. The molecule has 1 saturated carbocycles.